The lowest BCUT2D eigenvalue weighted by molar-refractivity contribution is 0.0993. The lowest BCUT2D eigenvalue weighted by Gasteiger charge is -2.19. The van der Waals surface area contributed by atoms with Crippen LogP contribution in [0.1, 0.15) is 15.2 Å². The first-order chi connectivity index (χ1) is 10.2. The zero-order chi connectivity index (χ0) is 15.2. The summed E-state index contributed by atoms with van der Waals surface area (Å²) in [5, 5.41) is 10.4. The lowest BCUT2D eigenvalue weighted by atomic mass is 10.2. The number of thiophene rings is 1. The van der Waals surface area contributed by atoms with Crippen molar-refractivity contribution < 1.29 is 14.6 Å². The van der Waals surface area contributed by atoms with Crippen LogP contribution in [0.5, 0.6) is 5.75 Å². The van der Waals surface area contributed by atoms with Gasteiger partial charge in [-0.3, -0.25) is 4.79 Å². The maximum atomic E-state index is 12.5. The lowest BCUT2D eigenvalue weighted by Crippen LogP contribution is -2.26. The van der Waals surface area contributed by atoms with E-state index in [2.05, 4.69) is 11.8 Å². The first kappa shape index (κ1) is 15.1. The summed E-state index contributed by atoms with van der Waals surface area (Å²) >= 11 is 1.38. The van der Waals surface area contributed by atoms with E-state index < -0.39 is 0 Å². The Labute approximate surface area is 127 Å². The zero-order valence-corrected chi connectivity index (χ0v) is 12.6. The first-order valence-corrected chi connectivity index (χ1v) is 7.14. The maximum Gasteiger partial charge on any atom is 0.259 e. The topological polar surface area (TPSA) is 49.8 Å². The van der Waals surface area contributed by atoms with Crippen molar-refractivity contribution in [2.75, 3.05) is 25.7 Å². The van der Waals surface area contributed by atoms with Gasteiger partial charge in [0.15, 0.2) is 0 Å². The van der Waals surface area contributed by atoms with Gasteiger partial charge >= 0.3 is 0 Å². The van der Waals surface area contributed by atoms with Crippen LogP contribution >= 0.6 is 11.3 Å². The number of rotatable bonds is 3. The standard InChI is InChI=1S/C16H15NO3S/c1-17(14-7-3-4-8-15(14)20-2)16(19)12-10-13(21-11-12)6-5-9-18/h3-4,7-8,10-11,18H,9H2,1-2H3. The number of aliphatic hydroxyl groups excluding tert-OH is 1. The number of hydrogen-bond acceptors (Lipinski definition) is 4. The summed E-state index contributed by atoms with van der Waals surface area (Å²) in [5.74, 6) is 5.87. The molecule has 1 aromatic carbocycles. The quantitative estimate of drug-likeness (QED) is 0.886. The van der Waals surface area contributed by atoms with E-state index in [0.717, 1.165) is 4.88 Å². The number of carbonyl (C=O) groups excluding carboxylic acids is 1. The molecule has 0 radical (unpaired) electrons. The Hall–Kier alpha value is -2.29. The molecule has 0 aliphatic heterocycles. The van der Waals surface area contributed by atoms with E-state index in [-0.39, 0.29) is 12.5 Å². The Balaban J connectivity index is 2.25. The van der Waals surface area contributed by atoms with Gasteiger partial charge in [-0.15, -0.1) is 11.3 Å². The van der Waals surface area contributed by atoms with E-state index in [1.54, 1.807) is 30.5 Å². The molecule has 2 rings (SSSR count). The highest BCUT2D eigenvalue weighted by atomic mass is 32.1. The molecular formula is C16H15NO3S. The third kappa shape index (κ3) is 3.43. The Kier molecular flexibility index (Phi) is 4.99. The highest BCUT2D eigenvalue weighted by molar-refractivity contribution is 7.10. The van der Waals surface area contributed by atoms with E-state index in [4.69, 9.17) is 9.84 Å². The molecular weight excluding hydrogens is 286 g/mol. The molecule has 0 atom stereocenters. The van der Waals surface area contributed by atoms with Crippen LogP contribution < -0.4 is 9.64 Å². The van der Waals surface area contributed by atoms with E-state index in [1.807, 2.05) is 24.3 Å². The van der Waals surface area contributed by atoms with Gasteiger partial charge in [0.2, 0.25) is 0 Å². The minimum atomic E-state index is -0.192. The molecule has 0 aliphatic carbocycles. The van der Waals surface area contributed by atoms with E-state index in [9.17, 15) is 4.79 Å². The van der Waals surface area contributed by atoms with Crippen molar-refractivity contribution >= 4 is 22.9 Å². The summed E-state index contributed by atoms with van der Waals surface area (Å²) in [6, 6.07) is 9.07. The molecule has 1 amide bonds. The number of para-hydroxylation sites is 2. The van der Waals surface area contributed by atoms with Gasteiger partial charge in [0.25, 0.3) is 5.91 Å². The van der Waals surface area contributed by atoms with Crippen LogP contribution in [0.3, 0.4) is 0 Å². The van der Waals surface area contributed by atoms with Gasteiger partial charge in [-0.25, -0.2) is 0 Å². The van der Waals surface area contributed by atoms with Gasteiger partial charge in [-0.1, -0.05) is 24.0 Å². The van der Waals surface area contributed by atoms with Gasteiger partial charge < -0.3 is 14.7 Å². The number of ether oxygens (including phenoxy) is 1. The van der Waals surface area contributed by atoms with Crippen LogP contribution in [0.4, 0.5) is 5.69 Å². The zero-order valence-electron chi connectivity index (χ0n) is 11.8. The SMILES string of the molecule is COc1ccccc1N(C)C(=O)c1csc(C#CCO)c1. The minimum absolute atomic E-state index is 0.132. The molecule has 1 aromatic heterocycles. The number of methoxy groups -OCH3 is 1. The van der Waals surface area contributed by atoms with Gasteiger partial charge in [0.1, 0.15) is 12.4 Å². The fourth-order valence-corrected chi connectivity index (χ4v) is 2.60. The van der Waals surface area contributed by atoms with Crippen LogP contribution in [-0.4, -0.2) is 31.8 Å². The highest BCUT2D eigenvalue weighted by Gasteiger charge is 2.17. The van der Waals surface area contributed by atoms with Crippen LogP contribution in [0.2, 0.25) is 0 Å². The summed E-state index contributed by atoms with van der Waals surface area (Å²) in [7, 11) is 3.28. The molecule has 1 N–H and O–H groups in total. The molecule has 0 bridgehead atoms. The number of nitrogens with zero attached hydrogens (tertiary/aromatic N) is 1. The summed E-state index contributed by atoms with van der Waals surface area (Å²) in [4.78, 5) is 14.8. The number of benzene rings is 1. The van der Waals surface area contributed by atoms with Crippen LogP contribution in [-0.2, 0) is 0 Å². The Morgan fingerprint density at radius 1 is 1.43 bits per heavy atom. The molecule has 0 fully saturated rings. The summed E-state index contributed by atoms with van der Waals surface area (Å²) in [5.41, 5.74) is 1.27. The monoisotopic (exact) mass is 301 g/mol. The van der Waals surface area contributed by atoms with E-state index in [1.165, 1.54) is 11.3 Å². The van der Waals surface area contributed by atoms with Crippen molar-refractivity contribution in [1.29, 1.82) is 0 Å². The average Bonchev–Trinajstić information content (AvgIpc) is 3.00. The highest BCUT2D eigenvalue weighted by Crippen LogP contribution is 2.28. The average molecular weight is 301 g/mol. The van der Waals surface area contributed by atoms with Crippen molar-refractivity contribution in [1.82, 2.24) is 0 Å². The molecule has 2 aromatic rings. The van der Waals surface area contributed by atoms with Gasteiger partial charge in [0.05, 0.1) is 23.2 Å². The van der Waals surface area contributed by atoms with Crippen molar-refractivity contribution in [2.24, 2.45) is 0 Å². The van der Waals surface area contributed by atoms with Crippen molar-refractivity contribution in [3.05, 3.63) is 46.2 Å². The maximum absolute atomic E-state index is 12.5. The van der Waals surface area contributed by atoms with E-state index >= 15 is 0 Å². The smallest absolute Gasteiger partial charge is 0.259 e. The van der Waals surface area contributed by atoms with Gasteiger partial charge in [-0.05, 0) is 18.2 Å². The van der Waals surface area contributed by atoms with Crippen molar-refractivity contribution in [3.8, 4) is 17.6 Å². The summed E-state index contributed by atoms with van der Waals surface area (Å²) in [6.45, 7) is -0.192. The number of amides is 1. The number of hydrogen-bond donors (Lipinski definition) is 1. The second-order valence-electron chi connectivity index (χ2n) is 4.20. The third-order valence-corrected chi connectivity index (χ3v) is 3.73. The second kappa shape index (κ2) is 6.93. The molecule has 0 spiro atoms. The largest absolute Gasteiger partial charge is 0.495 e. The minimum Gasteiger partial charge on any atom is -0.495 e. The molecule has 4 nitrogen and oxygen atoms in total. The molecule has 1 heterocycles. The molecule has 0 unspecified atom stereocenters. The molecule has 0 aliphatic rings. The predicted octanol–water partition coefficient (Wildman–Crippen LogP) is 2.38. The van der Waals surface area contributed by atoms with Gasteiger partial charge in [-0.2, -0.15) is 0 Å². The first-order valence-electron chi connectivity index (χ1n) is 6.26. The van der Waals surface area contributed by atoms with Crippen LogP contribution in [0, 0.1) is 11.8 Å². The molecule has 108 valence electrons. The Morgan fingerprint density at radius 3 is 2.90 bits per heavy atom. The fourth-order valence-electron chi connectivity index (χ4n) is 1.85. The summed E-state index contributed by atoms with van der Waals surface area (Å²) in [6.07, 6.45) is 0. The normalized spacial score (nSPS) is 9.67. The Bertz CT molecular complexity index is 697. The number of anilines is 1. The molecule has 21 heavy (non-hydrogen) atoms. The third-order valence-electron chi connectivity index (χ3n) is 2.89. The molecule has 0 saturated carbocycles. The second-order valence-corrected chi connectivity index (χ2v) is 5.11. The number of aliphatic hydroxyl groups is 1. The summed E-state index contributed by atoms with van der Waals surface area (Å²) < 4.78 is 5.27. The van der Waals surface area contributed by atoms with Crippen molar-refractivity contribution in [3.63, 3.8) is 0 Å². The fraction of sp³-hybridized carbons (Fsp3) is 0.188. The predicted molar refractivity (Wildman–Crippen MR) is 84.0 cm³/mol. The van der Waals surface area contributed by atoms with Crippen molar-refractivity contribution in [2.45, 2.75) is 0 Å². The van der Waals surface area contributed by atoms with Crippen LogP contribution in [0.15, 0.2) is 35.7 Å². The van der Waals surface area contributed by atoms with Gasteiger partial charge in [0, 0.05) is 12.4 Å². The Morgan fingerprint density at radius 2 is 2.19 bits per heavy atom. The van der Waals surface area contributed by atoms with Crippen LogP contribution in [0.25, 0.3) is 0 Å². The van der Waals surface area contributed by atoms with E-state index in [0.29, 0.717) is 17.0 Å². The molecule has 5 heteroatoms. The number of carbonyl (C=O) groups is 1. The molecule has 0 saturated heterocycles.